The van der Waals surface area contributed by atoms with Crippen LogP contribution in [0.25, 0.3) is 0 Å². The Morgan fingerprint density at radius 1 is 0.667 bits per heavy atom. The fourth-order valence-electron chi connectivity index (χ4n) is 2.98. The molecule has 0 amide bonds. The van der Waals surface area contributed by atoms with E-state index in [0.717, 1.165) is 22.6 Å². The van der Waals surface area contributed by atoms with Gasteiger partial charge in [-0.2, -0.15) is 0 Å². The minimum atomic E-state index is -0.287. The van der Waals surface area contributed by atoms with Gasteiger partial charge in [-0.25, -0.2) is 0 Å². The molecular weight excluding hydrogens is 304 g/mol. The molecule has 2 atom stereocenters. The lowest BCUT2D eigenvalue weighted by Crippen LogP contribution is -2.08. The zero-order valence-electron chi connectivity index (χ0n) is 12.8. The predicted molar refractivity (Wildman–Crippen MR) is 88.3 cm³/mol. The highest BCUT2D eigenvalue weighted by molar-refractivity contribution is 5.51. The Labute approximate surface area is 140 Å². The SMILES string of the molecule is C#C[C@H](c1ccc2c(c1)OCO2)[C@@H](C#C)c1ccc2c(c1)OCO2. The van der Waals surface area contributed by atoms with E-state index in [-0.39, 0.29) is 25.4 Å². The monoisotopic (exact) mass is 318 g/mol. The first-order valence-corrected chi connectivity index (χ1v) is 7.51. The Morgan fingerprint density at radius 2 is 1.08 bits per heavy atom. The Hall–Kier alpha value is -3.24. The summed E-state index contributed by atoms with van der Waals surface area (Å²) in [5.41, 5.74) is 1.84. The molecule has 0 bridgehead atoms. The van der Waals surface area contributed by atoms with E-state index in [1.165, 1.54) is 0 Å². The highest BCUT2D eigenvalue weighted by atomic mass is 16.7. The Balaban J connectivity index is 1.71. The summed E-state index contributed by atoms with van der Waals surface area (Å²) in [6.45, 7) is 0.445. The first-order chi connectivity index (χ1) is 11.8. The van der Waals surface area contributed by atoms with Crippen LogP contribution in [0.4, 0.5) is 0 Å². The average molecular weight is 318 g/mol. The van der Waals surface area contributed by atoms with Gasteiger partial charge in [0.15, 0.2) is 23.0 Å². The molecule has 4 heteroatoms. The van der Waals surface area contributed by atoms with Crippen LogP contribution in [0.1, 0.15) is 23.0 Å². The van der Waals surface area contributed by atoms with Crippen molar-refractivity contribution in [3.8, 4) is 47.7 Å². The molecule has 2 aliphatic heterocycles. The van der Waals surface area contributed by atoms with E-state index in [1.807, 2.05) is 36.4 Å². The fourth-order valence-corrected chi connectivity index (χ4v) is 2.98. The van der Waals surface area contributed by atoms with Crippen molar-refractivity contribution in [1.29, 1.82) is 0 Å². The van der Waals surface area contributed by atoms with Crippen LogP contribution < -0.4 is 18.9 Å². The molecule has 2 aromatic rings. The van der Waals surface area contributed by atoms with E-state index >= 15 is 0 Å². The van der Waals surface area contributed by atoms with Gasteiger partial charge in [0.25, 0.3) is 0 Å². The predicted octanol–water partition coefficient (Wildman–Crippen LogP) is 3.28. The van der Waals surface area contributed by atoms with Crippen molar-refractivity contribution in [2.75, 3.05) is 13.6 Å². The molecule has 0 aromatic heterocycles. The first-order valence-electron chi connectivity index (χ1n) is 7.51. The summed E-state index contributed by atoms with van der Waals surface area (Å²) >= 11 is 0. The minimum absolute atomic E-state index is 0.222. The van der Waals surface area contributed by atoms with Crippen LogP contribution in [-0.2, 0) is 0 Å². The number of hydrogen-bond donors (Lipinski definition) is 0. The molecule has 4 rings (SSSR count). The van der Waals surface area contributed by atoms with E-state index in [2.05, 4.69) is 11.8 Å². The highest BCUT2D eigenvalue weighted by Gasteiger charge is 2.26. The normalized spacial score (nSPS) is 16.1. The van der Waals surface area contributed by atoms with Crippen molar-refractivity contribution in [2.24, 2.45) is 0 Å². The standard InChI is InChI=1S/C20H14O4/c1-3-15(13-5-7-17-19(9-13)23-11-21-17)16(4-2)14-6-8-18-20(10-14)24-12-22-18/h1-2,5-10,15-16H,11-12H2/t15-,16+. The van der Waals surface area contributed by atoms with Crippen LogP contribution >= 0.6 is 0 Å². The molecule has 2 aromatic carbocycles. The van der Waals surface area contributed by atoms with E-state index in [9.17, 15) is 0 Å². The lowest BCUT2D eigenvalue weighted by atomic mass is 9.82. The average Bonchev–Trinajstić information content (AvgIpc) is 3.26. The van der Waals surface area contributed by atoms with Gasteiger partial charge in [0.2, 0.25) is 13.6 Å². The highest BCUT2D eigenvalue weighted by Crippen LogP contribution is 2.41. The lowest BCUT2D eigenvalue weighted by Gasteiger charge is -2.20. The quantitative estimate of drug-likeness (QED) is 0.814. The Kier molecular flexibility index (Phi) is 3.44. The van der Waals surface area contributed by atoms with Gasteiger partial charge in [-0.05, 0) is 35.4 Å². The van der Waals surface area contributed by atoms with Crippen molar-refractivity contribution in [2.45, 2.75) is 11.8 Å². The molecule has 2 aliphatic rings. The maximum Gasteiger partial charge on any atom is 0.231 e. The zero-order chi connectivity index (χ0) is 16.5. The summed E-state index contributed by atoms with van der Waals surface area (Å²) < 4.78 is 21.6. The third kappa shape index (κ3) is 2.30. The van der Waals surface area contributed by atoms with Crippen LogP contribution in [0.2, 0.25) is 0 Å². The fraction of sp³-hybridized carbons (Fsp3) is 0.200. The van der Waals surface area contributed by atoms with Crippen LogP contribution in [-0.4, -0.2) is 13.6 Å². The summed E-state index contributed by atoms with van der Waals surface area (Å²) in [4.78, 5) is 0. The molecule has 0 saturated carbocycles. The van der Waals surface area contributed by atoms with Gasteiger partial charge >= 0.3 is 0 Å². The molecule has 24 heavy (non-hydrogen) atoms. The summed E-state index contributed by atoms with van der Waals surface area (Å²) in [6, 6.07) is 11.4. The van der Waals surface area contributed by atoms with Crippen molar-refractivity contribution < 1.29 is 18.9 Å². The van der Waals surface area contributed by atoms with E-state index in [0.29, 0.717) is 11.5 Å². The molecule has 0 radical (unpaired) electrons. The third-order valence-electron chi connectivity index (χ3n) is 4.20. The summed E-state index contributed by atoms with van der Waals surface area (Å²) in [5, 5.41) is 0. The second kappa shape index (κ2) is 5.76. The van der Waals surface area contributed by atoms with Crippen LogP contribution in [0.3, 0.4) is 0 Å². The van der Waals surface area contributed by atoms with Crippen molar-refractivity contribution in [3.05, 3.63) is 47.5 Å². The molecule has 0 spiro atoms. The first kappa shape index (κ1) is 14.4. The Bertz CT molecular complexity index is 799. The van der Waals surface area contributed by atoms with Gasteiger partial charge in [0.05, 0.1) is 11.8 Å². The number of terminal acetylenes is 2. The van der Waals surface area contributed by atoms with Gasteiger partial charge in [-0.1, -0.05) is 24.0 Å². The number of hydrogen-bond acceptors (Lipinski definition) is 4. The third-order valence-corrected chi connectivity index (χ3v) is 4.20. The second-order valence-corrected chi connectivity index (χ2v) is 5.51. The molecule has 0 saturated heterocycles. The van der Waals surface area contributed by atoms with Gasteiger partial charge in [-0.3, -0.25) is 0 Å². The van der Waals surface area contributed by atoms with E-state index < -0.39 is 0 Å². The molecule has 0 fully saturated rings. The topological polar surface area (TPSA) is 36.9 Å². The second-order valence-electron chi connectivity index (χ2n) is 5.51. The van der Waals surface area contributed by atoms with Gasteiger partial charge < -0.3 is 18.9 Å². The molecule has 118 valence electrons. The number of ether oxygens (including phenoxy) is 4. The van der Waals surface area contributed by atoms with Crippen LogP contribution in [0.15, 0.2) is 36.4 Å². The van der Waals surface area contributed by atoms with Gasteiger partial charge in [0, 0.05) is 0 Å². The molecular formula is C20H14O4. The smallest absolute Gasteiger partial charge is 0.231 e. The Morgan fingerprint density at radius 3 is 1.50 bits per heavy atom. The molecule has 0 unspecified atom stereocenters. The number of fused-ring (bicyclic) bond motifs is 2. The van der Waals surface area contributed by atoms with Crippen molar-refractivity contribution >= 4 is 0 Å². The largest absolute Gasteiger partial charge is 0.454 e. The number of rotatable bonds is 3. The lowest BCUT2D eigenvalue weighted by molar-refractivity contribution is 0.173. The zero-order valence-corrected chi connectivity index (χ0v) is 12.8. The van der Waals surface area contributed by atoms with Crippen molar-refractivity contribution in [1.82, 2.24) is 0 Å². The molecule has 0 aliphatic carbocycles. The molecule has 4 nitrogen and oxygen atoms in total. The van der Waals surface area contributed by atoms with E-state index in [4.69, 9.17) is 31.8 Å². The van der Waals surface area contributed by atoms with Crippen molar-refractivity contribution in [3.63, 3.8) is 0 Å². The maximum absolute atomic E-state index is 5.80. The summed E-state index contributed by atoms with van der Waals surface area (Å²) in [5.74, 6) is 7.87. The van der Waals surface area contributed by atoms with Crippen LogP contribution in [0, 0.1) is 24.7 Å². The van der Waals surface area contributed by atoms with Gasteiger partial charge in [0.1, 0.15) is 0 Å². The minimum Gasteiger partial charge on any atom is -0.454 e. The summed E-state index contributed by atoms with van der Waals surface area (Å²) in [6.07, 6.45) is 11.6. The summed E-state index contributed by atoms with van der Waals surface area (Å²) in [7, 11) is 0. The number of benzene rings is 2. The van der Waals surface area contributed by atoms with E-state index in [1.54, 1.807) is 0 Å². The van der Waals surface area contributed by atoms with Gasteiger partial charge in [-0.15, -0.1) is 12.8 Å². The molecule has 0 N–H and O–H groups in total. The molecule has 2 heterocycles. The van der Waals surface area contributed by atoms with Crippen LogP contribution in [0.5, 0.6) is 23.0 Å². The maximum atomic E-state index is 5.80.